The minimum Gasteiger partial charge on any atom is -0.340 e. The average Bonchev–Trinajstić information content (AvgIpc) is 2.52. The number of hydrogen-bond donors (Lipinski definition) is 2. The number of nitrogens with one attached hydrogen (secondary N) is 2. The highest BCUT2D eigenvalue weighted by Gasteiger charge is 2.15. The topological polar surface area (TPSA) is 78.1 Å². The summed E-state index contributed by atoms with van der Waals surface area (Å²) in [6, 6.07) is 8.68. The highest BCUT2D eigenvalue weighted by Crippen LogP contribution is 2.11. The van der Waals surface area contributed by atoms with Gasteiger partial charge >= 0.3 is 0 Å². The number of carbonyl (C=O) groups is 1. The fourth-order valence-corrected chi connectivity index (χ4v) is 1.90. The number of pyridine rings is 2. The number of nitrogens with zero attached hydrogens (tertiary/aromatic N) is 2. The summed E-state index contributed by atoms with van der Waals surface area (Å²) in [5, 5.41) is 2.96. The van der Waals surface area contributed by atoms with Gasteiger partial charge in [-0.15, -0.1) is 0 Å². The van der Waals surface area contributed by atoms with Crippen molar-refractivity contribution >= 4 is 5.91 Å². The molecule has 110 valence electrons. The first-order chi connectivity index (χ1) is 10.1. The Balaban J connectivity index is 2.24. The average molecular weight is 286 g/mol. The van der Waals surface area contributed by atoms with Crippen LogP contribution in [0.2, 0.25) is 0 Å². The van der Waals surface area contributed by atoms with E-state index in [-0.39, 0.29) is 11.5 Å². The van der Waals surface area contributed by atoms with Crippen LogP contribution in [0, 0.1) is 0 Å². The molecular weight excluding hydrogens is 268 g/mol. The van der Waals surface area contributed by atoms with Crippen molar-refractivity contribution in [2.24, 2.45) is 0 Å². The van der Waals surface area contributed by atoms with Crippen molar-refractivity contribution in [3.63, 3.8) is 0 Å². The van der Waals surface area contributed by atoms with Gasteiger partial charge in [-0.25, -0.2) is 0 Å². The summed E-state index contributed by atoms with van der Waals surface area (Å²) >= 11 is 0. The Bertz CT molecular complexity index is 667. The van der Waals surface area contributed by atoms with Gasteiger partial charge in [0.15, 0.2) is 0 Å². The molecular formula is C15H18N4O2. The zero-order valence-corrected chi connectivity index (χ0v) is 12.1. The molecule has 0 saturated heterocycles. The highest BCUT2D eigenvalue weighted by molar-refractivity contribution is 5.93. The van der Waals surface area contributed by atoms with E-state index in [9.17, 15) is 9.59 Å². The standard InChI is InChI=1S/C15H18N4O2/c1-16-9-10-19(2)15(21)11-6-7-13(18-14(11)20)12-5-3-4-8-17-12/h3-8,16H,9-10H2,1-2H3,(H,18,20). The zero-order valence-electron chi connectivity index (χ0n) is 12.1. The molecule has 0 spiro atoms. The van der Waals surface area contributed by atoms with E-state index in [2.05, 4.69) is 15.3 Å². The molecule has 2 aromatic rings. The van der Waals surface area contributed by atoms with Crippen LogP contribution in [0.5, 0.6) is 0 Å². The summed E-state index contributed by atoms with van der Waals surface area (Å²) < 4.78 is 0. The monoisotopic (exact) mass is 286 g/mol. The SMILES string of the molecule is CNCCN(C)C(=O)c1ccc(-c2ccccn2)[nH]c1=O. The van der Waals surface area contributed by atoms with Crippen molar-refractivity contribution < 1.29 is 4.79 Å². The molecule has 0 unspecified atom stereocenters. The first-order valence-corrected chi connectivity index (χ1v) is 6.68. The summed E-state index contributed by atoms with van der Waals surface area (Å²) in [6.07, 6.45) is 1.65. The summed E-state index contributed by atoms with van der Waals surface area (Å²) in [4.78, 5) is 32.7. The maximum Gasteiger partial charge on any atom is 0.261 e. The van der Waals surface area contributed by atoms with Crippen LogP contribution in [-0.2, 0) is 0 Å². The van der Waals surface area contributed by atoms with Gasteiger partial charge < -0.3 is 15.2 Å². The second kappa shape index (κ2) is 6.81. The Morgan fingerprint density at radius 1 is 1.33 bits per heavy atom. The third-order valence-electron chi connectivity index (χ3n) is 3.12. The lowest BCUT2D eigenvalue weighted by molar-refractivity contribution is 0.0795. The Hall–Kier alpha value is -2.47. The molecule has 6 heteroatoms. The molecule has 0 saturated carbocycles. The fraction of sp³-hybridized carbons (Fsp3) is 0.267. The molecule has 21 heavy (non-hydrogen) atoms. The lowest BCUT2D eigenvalue weighted by Crippen LogP contribution is -2.35. The summed E-state index contributed by atoms with van der Waals surface area (Å²) in [5.41, 5.74) is 0.986. The molecule has 2 heterocycles. The number of rotatable bonds is 5. The van der Waals surface area contributed by atoms with E-state index >= 15 is 0 Å². The Morgan fingerprint density at radius 3 is 2.76 bits per heavy atom. The normalized spacial score (nSPS) is 10.4. The van der Waals surface area contributed by atoms with Gasteiger partial charge in [-0.3, -0.25) is 14.6 Å². The lowest BCUT2D eigenvalue weighted by Gasteiger charge is -2.16. The van der Waals surface area contributed by atoms with Crippen molar-refractivity contribution in [1.29, 1.82) is 0 Å². The quantitative estimate of drug-likeness (QED) is 0.849. The van der Waals surface area contributed by atoms with E-state index in [4.69, 9.17) is 0 Å². The molecule has 0 bridgehead atoms. The van der Waals surface area contributed by atoms with Crippen LogP contribution in [0.15, 0.2) is 41.3 Å². The van der Waals surface area contributed by atoms with Gasteiger partial charge in [0.1, 0.15) is 5.56 Å². The van der Waals surface area contributed by atoms with Crippen LogP contribution in [0.1, 0.15) is 10.4 Å². The molecule has 0 radical (unpaired) electrons. The van der Waals surface area contributed by atoms with Crippen LogP contribution in [0.25, 0.3) is 11.4 Å². The van der Waals surface area contributed by atoms with Crippen molar-refractivity contribution in [2.45, 2.75) is 0 Å². The number of hydrogen-bond acceptors (Lipinski definition) is 4. The molecule has 0 aliphatic heterocycles. The minimum atomic E-state index is -0.403. The van der Waals surface area contributed by atoms with Crippen molar-refractivity contribution in [2.75, 3.05) is 27.2 Å². The van der Waals surface area contributed by atoms with Gasteiger partial charge in [-0.2, -0.15) is 0 Å². The number of likely N-dealkylation sites (N-methyl/N-ethyl adjacent to an activating group) is 2. The van der Waals surface area contributed by atoms with Crippen molar-refractivity contribution in [3.05, 3.63) is 52.4 Å². The third kappa shape index (κ3) is 3.55. The lowest BCUT2D eigenvalue weighted by atomic mass is 10.2. The van der Waals surface area contributed by atoms with E-state index in [1.165, 1.54) is 4.90 Å². The van der Waals surface area contributed by atoms with Gasteiger partial charge in [0, 0.05) is 26.3 Å². The molecule has 0 fully saturated rings. The van der Waals surface area contributed by atoms with Gasteiger partial charge in [0.05, 0.1) is 11.4 Å². The van der Waals surface area contributed by atoms with Crippen LogP contribution in [0.3, 0.4) is 0 Å². The van der Waals surface area contributed by atoms with Crippen LogP contribution in [0.4, 0.5) is 0 Å². The van der Waals surface area contributed by atoms with Gasteiger partial charge in [0.25, 0.3) is 11.5 Å². The Morgan fingerprint density at radius 2 is 2.14 bits per heavy atom. The first kappa shape index (κ1) is 14.9. The fourth-order valence-electron chi connectivity index (χ4n) is 1.90. The van der Waals surface area contributed by atoms with E-state index in [0.29, 0.717) is 24.5 Å². The highest BCUT2D eigenvalue weighted by atomic mass is 16.2. The second-order valence-electron chi connectivity index (χ2n) is 4.66. The second-order valence-corrected chi connectivity index (χ2v) is 4.66. The van der Waals surface area contributed by atoms with Crippen molar-refractivity contribution in [1.82, 2.24) is 20.2 Å². The predicted octanol–water partition coefficient (Wildman–Crippen LogP) is 0.728. The minimum absolute atomic E-state index is 0.133. The smallest absolute Gasteiger partial charge is 0.261 e. The van der Waals surface area contributed by atoms with Gasteiger partial charge in [0.2, 0.25) is 0 Å². The van der Waals surface area contributed by atoms with Crippen LogP contribution >= 0.6 is 0 Å². The van der Waals surface area contributed by atoms with Gasteiger partial charge in [-0.1, -0.05) is 6.07 Å². The van der Waals surface area contributed by atoms with Crippen LogP contribution < -0.4 is 10.9 Å². The van der Waals surface area contributed by atoms with Crippen molar-refractivity contribution in [3.8, 4) is 11.4 Å². The summed E-state index contributed by atoms with van der Waals surface area (Å²) in [7, 11) is 3.48. The number of carbonyl (C=O) groups excluding carboxylic acids is 1. The zero-order chi connectivity index (χ0) is 15.2. The Kier molecular flexibility index (Phi) is 4.84. The van der Waals surface area contributed by atoms with Crippen LogP contribution in [-0.4, -0.2) is 48.0 Å². The van der Waals surface area contributed by atoms with E-state index in [1.54, 1.807) is 37.5 Å². The number of H-pyrrole nitrogens is 1. The molecule has 0 aliphatic rings. The maximum absolute atomic E-state index is 12.2. The van der Waals surface area contributed by atoms with E-state index < -0.39 is 5.56 Å². The molecule has 0 aromatic carbocycles. The number of aromatic nitrogens is 2. The maximum atomic E-state index is 12.2. The number of aromatic amines is 1. The molecule has 2 aromatic heterocycles. The molecule has 2 N–H and O–H groups in total. The molecule has 6 nitrogen and oxygen atoms in total. The Labute approximate surface area is 122 Å². The summed E-state index contributed by atoms with van der Waals surface area (Å²) in [6.45, 7) is 1.21. The molecule has 0 aliphatic carbocycles. The predicted molar refractivity (Wildman–Crippen MR) is 81.2 cm³/mol. The largest absolute Gasteiger partial charge is 0.340 e. The first-order valence-electron chi connectivity index (χ1n) is 6.68. The van der Waals surface area contributed by atoms with Gasteiger partial charge in [-0.05, 0) is 31.3 Å². The molecule has 2 rings (SSSR count). The van der Waals surface area contributed by atoms with E-state index in [0.717, 1.165) is 0 Å². The summed E-state index contributed by atoms with van der Waals surface area (Å²) in [5.74, 6) is -0.293. The van der Waals surface area contributed by atoms with E-state index in [1.807, 2.05) is 13.1 Å². The third-order valence-corrected chi connectivity index (χ3v) is 3.12. The molecule has 0 atom stereocenters. The number of amides is 1. The molecule has 1 amide bonds.